The summed E-state index contributed by atoms with van der Waals surface area (Å²) in [5.41, 5.74) is 1.35. The lowest BCUT2D eigenvalue weighted by Crippen LogP contribution is -2.28. The SMILES string of the molecule is CN(c1cccnc1)S(=O)(=O)Cc1ccccc1C#N. The van der Waals surface area contributed by atoms with E-state index in [0.717, 1.165) is 0 Å². The maximum Gasteiger partial charge on any atom is 0.239 e. The van der Waals surface area contributed by atoms with Gasteiger partial charge in [-0.25, -0.2) is 8.42 Å². The van der Waals surface area contributed by atoms with Gasteiger partial charge in [0, 0.05) is 13.2 Å². The van der Waals surface area contributed by atoms with E-state index >= 15 is 0 Å². The van der Waals surface area contributed by atoms with Crippen LogP contribution in [0.4, 0.5) is 5.69 Å². The highest BCUT2D eigenvalue weighted by Gasteiger charge is 2.20. The van der Waals surface area contributed by atoms with E-state index in [-0.39, 0.29) is 5.75 Å². The molecule has 2 aromatic rings. The molecule has 102 valence electrons. The molecule has 0 aliphatic rings. The summed E-state index contributed by atoms with van der Waals surface area (Å²) in [6.07, 6.45) is 3.06. The standard InChI is InChI=1S/C14H13N3O2S/c1-17(14-7-4-8-16-10-14)20(18,19)11-13-6-3-2-5-12(13)9-15/h2-8,10H,11H2,1H3. The van der Waals surface area contributed by atoms with Crippen molar-refractivity contribution in [2.75, 3.05) is 11.4 Å². The average Bonchev–Trinajstić information content (AvgIpc) is 2.47. The molecule has 1 aromatic heterocycles. The first-order chi connectivity index (χ1) is 9.54. The number of hydrogen-bond donors (Lipinski definition) is 0. The molecule has 0 amide bonds. The second kappa shape index (κ2) is 5.72. The molecule has 0 atom stereocenters. The first kappa shape index (κ1) is 14.0. The maximum absolute atomic E-state index is 12.4. The molecule has 1 aromatic carbocycles. The predicted molar refractivity (Wildman–Crippen MR) is 76.4 cm³/mol. The van der Waals surface area contributed by atoms with Crippen LogP contribution in [0.15, 0.2) is 48.8 Å². The van der Waals surface area contributed by atoms with Crippen LogP contribution in [0.3, 0.4) is 0 Å². The third-order valence-electron chi connectivity index (χ3n) is 2.90. The van der Waals surface area contributed by atoms with E-state index in [1.165, 1.54) is 17.5 Å². The predicted octanol–water partition coefficient (Wildman–Crippen LogP) is 1.92. The Bertz CT molecular complexity index is 737. The van der Waals surface area contributed by atoms with Crippen LogP contribution in [-0.4, -0.2) is 20.4 Å². The Morgan fingerprint density at radius 3 is 2.65 bits per heavy atom. The van der Waals surface area contributed by atoms with Gasteiger partial charge >= 0.3 is 0 Å². The van der Waals surface area contributed by atoms with Crippen molar-refractivity contribution >= 4 is 15.7 Å². The Kier molecular flexibility index (Phi) is 4.01. The van der Waals surface area contributed by atoms with Crippen LogP contribution in [0.25, 0.3) is 0 Å². The third-order valence-corrected chi connectivity index (χ3v) is 4.62. The molecule has 0 saturated heterocycles. The Hall–Kier alpha value is -2.39. The molecule has 0 fully saturated rings. The Morgan fingerprint density at radius 2 is 2.00 bits per heavy atom. The van der Waals surface area contributed by atoms with Crippen molar-refractivity contribution in [3.8, 4) is 6.07 Å². The van der Waals surface area contributed by atoms with Crippen LogP contribution in [0, 0.1) is 11.3 Å². The molecular weight excluding hydrogens is 274 g/mol. The van der Waals surface area contributed by atoms with Crippen LogP contribution < -0.4 is 4.31 Å². The van der Waals surface area contributed by atoms with E-state index in [1.807, 2.05) is 6.07 Å². The van der Waals surface area contributed by atoms with Crippen molar-refractivity contribution in [3.05, 3.63) is 59.9 Å². The number of aromatic nitrogens is 1. The van der Waals surface area contributed by atoms with Crippen molar-refractivity contribution in [1.29, 1.82) is 5.26 Å². The van der Waals surface area contributed by atoms with Crippen molar-refractivity contribution in [1.82, 2.24) is 4.98 Å². The topological polar surface area (TPSA) is 74.1 Å². The number of benzene rings is 1. The molecule has 0 saturated carbocycles. The Labute approximate surface area is 118 Å². The van der Waals surface area contributed by atoms with Gasteiger partial charge in [-0.2, -0.15) is 5.26 Å². The van der Waals surface area contributed by atoms with Crippen molar-refractivity contribution in [2.24, 2.45) is 0 Å². The van der Waals surface area contributed by atoms with Gasteiger partial charge in [0.15, 0.2) is 0 Å². The van der Waals surface area contributed by atoms with E-state index in [1.54, 1.807) is 42.6 Å². The zero-order chi connectivity index (χ0) is 14.6. The molecule has 0 spiro atoms. The summed E-state index contributed by atoms with van der Waals surface area (Å²) < 4.78 is 25.9. The fourth-order valence-corrected chi connectivity index (χ4v) is 3.02. The summed E-state index contributed by atoms with van der Waals surface area (Å²) in [4.78, 5) is 3.90. The number of nitriles is 1. The largest absolute Gasteiger partial charge is 0.271 e. The maximum atomic E-state index is 12.4. The van der Waals surface area contributed by atoms with Gasteiger partial charge in [-0.3, -0.25) is 9.29 Å². The summed E-state index contributed by atoms with van der Waals surface area (Å²) in [7, 11) is -2.08. The summed E-state index contributed by atoms with van der Waals surface area (Å²) in [6.45, 7) is 0. The molecular formula is C14H13N3O2S. The summed E-state index contributed by atoms with van der Waals surface area (Å²) >= 11 is 0. The van der Waals surface area contributed by atoms with E-state index in [2.05, 4.69) is 4.98 Å². The van der Waals surface area contributed by atoms with Gasteiger partial charge in [-0.1, -0.05) is 18.2 Å². The number of pyridine rings is 1. The molecule has 0 aliphatic carbocycles. The number of nitrogens with zero attached hydrogens (tertiary/aromatic N) is 3. The fraction of sp³-hybridized carbons (Fsp3) is 0.143. The first-order valence-electron chi connectivity index (χ1n) is 5.89. The zero-order valence-electron chi connectivity index (χ0n) is 10.9. The highest BCUT2D eigenvalue weighted by atomic mass is 32.2. The summed E-state index contributed by atoms with van der Waals surface area (Å²) in [5, 5.41) is 9.00. The minimum absolute atomic E-state index is 0.220. The van der Waals surface area contributed by atoms with Gasteiger partial charge in [-0.15, -0.1) is 0 Å². The second-order valence-corrected chi connectivity index (χ2v) is 6.20. The van der Waals surface area contributed by atoms with Gasteiger partial charge in [0.2, 0.25) is 10.0 Å². The van der Waals surface area contributed by atoms with Crippen LogP contribution in [-0.2, 0) is 15.8 Å². The van der Waals surface area contributed by atoms with E-state index in [4.69, 9.17) is 5.26 Å². The van der Waals surface area contributed by atoms with Crippen molar-refractivity contribution in [3.63, 3.8) is 0 Å². The molecule has 0 bridgehead atoms. The molecule has 0 radical (unpaired) electrons. The Balaban J connectivity index is 2.31. The normalized spacial score (nSPS) is 10.8. The van der Waals surface area contributed by atoms with E-state index in [9.17, 15) is 8.42 Å². The van der Waals surface area contributed by atoms with Crippen LogP contribution >= 0.6 is 0 Å². The van der Waals surface area contributed by atoms with Gasteiger partial charge in [0.25, 0.3) is 0 Å². The molecule has 6 heteroatoms. The van der Waals surface area contributed by atoms with Gasteiger partial charge in [0.1, 0.15) is 0 Å². The molecule has 5 nitrogen and oxygen atoms in total. The molecule has 1 heterocycles. The lowest BCUT2D eigenvalue weighted by Gasteiger charge is -2.19. The molecule has 0 unspecified atom stereocenters. The molecule has 0 N–H and O–H groups in total. The van der Waals surface area contributed by atoms with Gasteiger partial charge in [-0.05, 0) is 23.8 Å². The molecule has 2 rings (SSSR count). The van der Waals surface area contributed by atoms with Crippen LogP contribution in [0.5, 0.6) is 0 Å². The quantitative estimate of drug-likeness (QED) is 0.861. The summed E-state index contributed by atoms with van der Waals surface area (Å²) in [6, 6.07) is 12.0. The Morgan fingerprint density at radius 1 is 1.25 bits per heavy atom. The number of anilines is 1. The monoisotopic (exact) mass is 287 g/mol. The van der Waals surface area contributed by atoms with E-state index < -0.39 is 10.0 Å². The zero-order valence-corrected chi connectivity index (χ0v) is 11.7. The highest BCUT2D eigenvalue weighted by molar-refractivity contribution is 7.92. The van der Waals surface area contributed by atoms with Gasteiger partial charge < -0.3 is 0 Å². The van der Waals surface area contributed by atoms with E-state index in [0.29, 0.717) is 16.8 Å². The number of rotatable bonds is 4. The number of sulfonamides is 1. The minimum atomic E-state index is -3.56. The third kappa shape index (κ3) is 2.95. The second-order valence-electron chi connectivity index (χ2n) is 4.20. The fourth-order valence-electron chi connectivity index (χ4n) is 1.75. The molecule has 0 aliphatic heterocycles. The lowest BCUT2D eigenvalue weighted by atomic mass is 10.1. The minimum Gasteiger partial charge on any atom is -0.271 e. The van der Waals surface area contributed by atoms with Gasteiger partial charge in [0.05, 0.1) is 29.3 Å². The number of hydrogen-bond acceptors (Lipinski definition) is 4. The van der Waals surface area contributed by atoms with Crippen molar-refractivity contribution < 1.29 is 8.42 Å². The first-order valence-corrected chi connectivity index (χ1v) is 7.50. The summed E-state index contributed by atoms with van der Waals surface area (Å²) in [5.74, 6) is -0.220. The molecule has 20 heavy (non-hydrogen) atoms. The van der Waals surface area contributed by atoms with Crippen LogP contribution in [0.1, 0.15) is 11.1 Å². The van der Waals surface area contributed by atoms with Crippen LogP contribution in [0.2, 0.25) is 0 Å². The highest BCUT2D eigenvalue weighted by Crippen LogP contribution is 2.19. The van der Waals surface area contributed by atoms with Crippen molar-refractivity contribution in [2.45, 2.75) is 5.75 Å². The lowest BCUT2D eigenvalue weighted by molar-refractivity contribution is 0.593. The smallest absolute Gasteiger partial charge is 0.239 e. The average molecular weight is 287 g/mol.